The zero-order chi connectivity index (χ0) is 18.8. The summed E-state index contributed by atoms with van der Waals surface area (Å²) in [7, 11) is -3.75. The molecule has 1 heterocycles. The third kappa shape index (κ3) is 4.59. The average molecular weight is 388 g/mol. The summed E-state index contributed by atoms with van der Waals surface area (Å²) in [5, 5.41) is 0.0502. The van der Waals surface area contributed by atoms with Gasteiger partial charge in [0, 0.05) is 18.5 Å². The summed E-state index contributed by atoms with van der Waals surface area (Å²) in [6.07, 6.45) is 1.60. The van der Waals surface area contributed by atoms with Crippen molar-refractivity contribution in [3.8, 4) is 0 Å². The predicted molar refractivity (Wildman–Crippen MR) is 94.2 cm³/mol. The van der Waals surface area contributed by atoms with Gasteiger partial charge in [-0.15, -0.1) is 0 Å². The molecule has 0 bridgehead atoms. The molecule has 0 N–H and O–H groups in total. The minimum absolute atomic E-state index is 0.0453. The normalized spacial score (nSPS) is 16.0. The second kappa shape index (κ2) is 7.43. The Morgan fingerprint density at radius 3 is 2.36 bits per heavy atom. The molecule has 8 heteroatoms. The fraction of sp³-hybridized carbons (Fsp3) is 0.529. The van der Waals surface area contributed by atoms with Gasteiger partial charge in [-0.3, -0.25) is 4.79 Å². The number of carbonyl (C=O) groups excluding carboxylic acids is 2. The SMILES string of the molecule is CC(C)(C)C(=O)COC(=O)c1ccc(Cl)c(S(=O)(=O)N2CCCC2)c1. The number of Topliss-reactive ketones (excluding diaryl/α,β-unsaturated/α-hetero) is 1. The van der Waals surface area contributed by atoms with Crippen LogP contribution in [0, 0.1) is 5.41 Å². The summed E-state index contributed by atoms with van der Waals surface area (Å²) in [4.78, 5) is 23.9. The fourth-order valence-corrected chi connectivity index (χ4v) is 4.34. The van der Waals surface area contributed by atoms with E-state index in [-0.39, 0.29) is 27.9 Å². The highest BCUT2D eigenvalue weighted by atomic mass is 35.5. The smallest absolute Gasteiger partial charge is 0.338 e. The van der Waals surface area contributed by atoms with Crippen LogP contribution < -0.4 is 0 Å². The van der Waals surface area contributed by atoms with Crippen molar-refractivity contribution in [3.05, 3.63) is 28.8 Å². The van der Waals surface area contributed by atoms with E-state index >= 15 is 0 Å². The van der Waals surface area contributed by atoms with Gasteiger partial charge in [0.25, 0.3) is 0 Å². The Bertz CT molecular complexity index is 777. The molecule has 6 nitrogen and oxygen atoms in total. The van der Waals surface area contributed by atoms with E-state index in [1.807, 2.05) is 0 Å². The molecule has 1 aromatic carbocycles. The number of benzene rings is 1. The zero-order valence-corrected chi connectivity index (χ0v) is 16.1. The van der Waals surface area contributed by atoms with Gasteiger partial charge in [0.2, 0.25) is 10.0 Å². The Hall–Kier alpha value is -1.44. The first kappa shape index (κ1) is 19.9. The van der Waals surface area contributed by atoms with Crippen LogP contribution in [0.15, 0.2) is 23.1 Å². The van der Waals surface area contributed by atoms with Gasteiger partial charge in [0.15, 0.2) is 12.4 Å². The minimum Gasteiger partial charge on any atom is -0.454 e. The topological polar surface area (TPSA) is 80.8 Å². The average Bonchev–Trinajstić information content (AvgIpc) is 3.06. The molecule has 0 radical (unpaired) electrons. The van der Waals surface area contributed by atoms with Gasteiger partial charge in [-0.1, -0.05) is 32.4 Å². The molecule has 0 spiro atoms. The van der Waals surface area contributed by atoms with Crippen molar-refractivity contribution < 1.29 is 22.7 Å². The van der Waals surface area contributed by atoms with E-state index in [1.54, 1.807) is 20.8 Å². The number of rotatable bonds is 5. The molecule has 25 heavy (non-hydrogen) atoms. The standard InChI is InChI=1S/C17H22ClNO5S/c1-17(2,3)15(20)11-24-16(21)12-6-7-13(18)14(10-12)25(22,23)19-8-4-5-9-19/h6-7,10H,4-5,8-9,11H2,1-3H3. The Morgan fingerprint density at radius 2 is 1.80 bits per heavy atom. The van der Waals surface area contributed by atoms with Crippen molar-refractivity contribution in [1.82, 2.24) is 4.31 Å². The molecule has 0 aromatic heterocycles. The molecule has 1 aliphatic rings. The van der Waals surface area contributed by atoms with Crippen molar-refractivity contribution in [2.75, 3.05) is 19.7 Å². The van der Waals surface area contributed by atoms with Crippen LogP contribution in [0.1, 0.15) is 44.0 Å². The summed E-state index contributed by atoms with van der Waals surface area (Å²) >= 11 is 6.04. The van der Waals surface area contributed by atoms with Crippen LogP contribution in [0.5, 0.6) is 0 Å². The van der Waals surface area contributed by atoms with E-state index in [1.165, 1.54) is 22.5 Å². The van der Waals surface area contributed by atoms with Crippen LogP contribution in [-0.4, -0.2) is 44.2 Å². The number of ketones is 1. The van der Waals surface area contributed by atoms with Gasteiger partial charge >= 0.3 is 5.97 Å². The lowest BCUT2D eigenvalue weighted by Crippen LogP contribution is -2.28. The number of nitrogens with zero attached hydrogens (tertiary/aromatic N) is 1. The Balaban J connectivity index is 2.21. The summed E-state index contributed by atoms with van der Waals surface area (Å²) in [6, 6.07) is 3.95. The van der Waals surface area contributed by atoms with Gasteiger partial charge < -0.3 is 4.74 Å². The van der Waals surface area contributed by atoms with Crippen molar-refractivity contribution >= 4 is 33.4 Å². The molecule has 1 aliphatic heterocycles. The maximum absolute atomic E-state index is 12.7. The van der Waals surface area contributed by atoms with E-state index in [0.717, 1.165) is 12.8 Å². The second-order valence-electron chi connectivity index (χ2n) is 7.01. The van der Waals surface area contributed by atoms with Gasteiger partial charge in [0.1, 0.15) is 4.90 Å². The Morgan fingerprint density at radius 1 is 1.20 bits per heavy atom. The van der Waals surface area contributed by atoms with Gasteiger partial charge in [0.05, 0.1) is 10.6 Å². The van der Waals surface area contributed by atoms with Crippen molar-refractivity contribution in [2.45, 2.75) is 38.5 Å². The van der Waals surface area contributed by atoms with Crippen LogP contribution in [-0.2, 0) is 19.6 Å². The van der Waals surface area contributed by atoms with E-state index < -0.39 is 21.4 Å². The Kier molecular flexibility index (Phi) is 5.91. The molecule has 0 atom stereocenters. The number of hydrogen-bond donors (Lipinski definition) is 0. The highest BCUT2D eigenvalue weighted by Crippen LogP contribution is 2.28. The zero-order valence-electron chi connectivity index (χ0n) is 14.5. The number of esters is 1. The molecular formula is C17H22ClNO5S. The summed E-state index contributed by atoms with van der Waals surface area (Å²) < 4.78 is 31.7. The van der Waals surface area contributed by atoms with Gasteiger partial charge in [-0.25, -0.2) is 13.2 Å². The number of ether oxygens (including phenoxy) is 1. The van der Waals surface area contributed by atoms with E-state index in [4.69, 9.17) is 16.3 Å². The molecule has 0 unspecified atom stereocenters. The molecule has 1 saturated heterocycles. The summed E-state index contributed by atoms with van der Waals surface area (Å²) in [5.74, 6) is -0.980. The van der Waals surface area contributed by atoms with E-state index in [0.29, 0.717) is 13.1 Å². The molecule has 0 saturated carbocycles. The number of carbonyl (C=O) groups is 2. The monoisotopic (exact) mass is 387 g/mol. The lowest BCUT2D eigenvalue weighted by molar-refractivity contribution is -0.129. The summed E-state index contributed by atoms with van der Waals surface area (Å²) in [5.41, 5.74) is -0.575. The fourth-order valence-electron chi connectivity index (χ4n) is 2.33. The summed E-state index contributed by atoms with van der Waals surface area (Å²) in [6.45, 7) is 5.70. The van der Waals surface area contributed by atoms with Gasteiger partial charge in [-0.2, -0.15) is 4.31 Å². The Labute approximate surface area is 153 Å². The number of sulfonamides is 1. The number of halogens is 1. The van der Waals surface area contributed by atoms with Crippen molar-refractivity contribution in [1.29, 1.82) is 0 Å². The molecule has 138 valence electrons. The van der Waals surface area contributed by atoms with Crippen LogP contribution in [0.2, 0.25) is 5.02 Å². The first-order chi connectivity index (χ1) is 11.5. The third-order valence-corrected chi connectivity index (χ3v) is 6.40. The molecule has 0 amide bonds. The van der Waals surface area contributed by atoms with Crippen LogP contribution >= 0.6 is 11.6 Å². The predicted octanol–water partition coefficient (Wildman–Crippen LogP) is 2.90. The maximum Gasteiger partial charge on any atom is 0.338 e. The van der Waals surface area contributed by atoms with Crippen molar-refractivity contribution in [2.24, 2.45) is 5.41 Å². The quantitative estimate of drug-likeness (QED) is 0.725. The maximum atomic E-state index is 12.7. The minimum atomic E-state index is -3.75. The van der Waals surface area contributed by atoms with Crippen molar-refractivity contribution in [3.63, 3.8) is 0 Å². The third-order valence-electron chi connectivity index (χ3n) is 4.02. The first-order valence-corrected chi connectivity index (χ1v) is 9.85. The number of hydrogen-bond acceptors (Lipinski definition) is 5. The van der Waals surface area contributed by atoms with E-state index in [2.05, 4.69) is 0 Å². The highest BCUT2D eigenvalue weighted by Gasteiger charge is 2.30. The molecule has 1 fully saturated rings. The van der Waals surface area contributed by atoms with Crippen LogP contribution in [0.4, 0.5) is 0 Å². The lowest BCUT2D eigenvalue weighted by Gasteiger charge is -2.18. The highest BCUT2D eigenvalue weighted by molar-refractivity contribution is 7.89. The lowest BCUT2D eigenvalue weighted by atomic mass is 9.91. The van der Waals surface area contributed by atoms with E-state index in [9.17, 15) is 18.0 Å². The molecule has 0 aliphatic carbocycles. The second-order valence-corrected chi connectivity index (χ2v) is 9.32. The molecule has 1 aromatic rings. The molecular weight excluding hydrogens is 366 g/mol. The first-order valence-electron chi connectivity index (χ1n) is 8.03. The molecule has 2 rings (SSSR count). The van der Waals surface area contributed by atoms with Crippen LogP contribution in [0.3, 0.4) is 0 Å². The largest absolute Gasteiger partial charge is 0.454 e. The van der Waals surface area contributed by atoms with Crippen LogP contribution in [0.25, 0.3) is 0 Å². The van der Waals surface area contributed by atoms with Gasteiger partial charge in [-0.05, 0) is 31.0 Å².